The van der Waals surface area contributed by atoms with E-state index >= 15 is 0 Å². The molecule has 2 saturated heterocycles. The average Bonchev–Trinajstić information content (AvgIpc) is 3.39. The molecule has 2 aliphatic heterocycles. The minimum Gasteiger partial charge on any atom is -0.494 e. The van der Waals surface area contributed by atoms with Crippen LogP contribution in [0, 0.1) is 0 Å². The van der Waals surface area contributed by atoms with Crippen LogP contribution in [0.2, 0.25) is 0 Å². The van der Waals surface area contributed by atoms with Gasteiger partial charge >= 0.3 is 12.4 Å². The van der Waals surface area contributed by atoms with Gasteiger partial charge in [-0.05, 0) is 48.5 Å². The highest BCUT2D eigenvalue weighted by molar-refractivity contribution is 5.97. The molecule has 358 valence electrons. The van der Waals surface area contributed by atoms with E-state index in [1.54, 1.807) is 49.1 Å². The number of hydrazine groups is 1. The van der Waals surface area contributed by atoms with E-state index in [4.69, 9.17) is 29.4 Å². The summed E-state index contributed by atoms with van der Waals surface area (Å²) >= 11 is 0. The monoisotopic (exact) mass is 962 g/mol. The Hall–Kier alpha value is -8.12. The van der Waals surface area contributed by atoms with E-state index in [1.807, 2.05) is 0 Å². The zero-order chi connectivity index (χ0) is 48.6. The van der Waals surface area contributed by atoms with Crippen molar-refractivity contribution in [3.05, 3.63) is 109 Å². The molecule has 0 unspecified atom stereocenters. The second-order valence-electron chi connectivity index (χ2n) is 15.9. The molecule has 8 aromatic heterocycles. The molecule has 2 fully saturated rings. The summed E-state index contributed by atoms with van der Waals surface area (Å²) in [5, 5.41) is 10.7. The number of halogens is 6. The van der Waals surface area contributed by atoms with E-state index in [2.05, 4.69) is 50.3 Å². The van der Waals surface area contributed by atoms with Crippen molar-refractivity contribution < 1.29 is 35.8 Å². The van der Waals surface area contributed by atoms with E-state index in [0.717, 1.165) is 36.7 Å². The molecule has 10 rings (SSSR count). The van der Waals surface area contributed by atoms with Crippen molar-refractivity contribution in [3.8, 4) is 34.3 Å². The Morgan fingerprint density at radius 3 is 1.29 bits per heavy atom. The van der Waals surface area contributed by atoms with Crippen molar-refractivity contribution in [2.24, 2.45) is 0 Å². The first-order valence-electron chi connectivity index (χ1n) is 21.8. The van der Waals surface area contributed by atoms with Crippen LogP contribution in [0.4, 0.5) is 61.0 Å². The van der Waals surface area contributed by atoms with Gasteiger partial charge in [-0.3, -0.25) is 9.97 Å². The molecule has 8 aromatic rings. The zero-order valence-electron chi connectivity index (χ0n) is 37.2. The molecule has 24 heteroatoms. The zero-order valence-corrected chi connectivity index (χ0v) is 37.2. The standard InChI is InChI=1S/C46H40F6N16O2/c1-69-33-25-55-23-31-39(33)43(65-15-11-53-12-16-65)63-41(61-31)27-7-9-57-37(19-27)67(29-3-5-35(59-21-29)45(47,48)49)68(30-4-6-36(60-22-30)46(50,51)52)38-20-28(8-10-58-38)42-62-32-24-56-26-34(70-2)40(32)44(64-42)66-17-13-54-14-18-66/h3-10,19-26,53-54H,11-18H2,1-2H3. The molecular weight excluding hydrogens is 923 g/mol. The molecule has 70 heavy (non-hydrogen) atoms. The van der Waals surface area contributed by atoms with E-state index < -0.39 is 23.7 Å². The number of nitrogens with zero attached hydrogens (tertiary/aromatic N) is 14. The van der Waals surface area contributed by atoms with Gasteiger partial charge in [0.2, 0.25) is 0 Å². The third kappa shape index (κ3) is 9.00. The lowest BCUT2D eigenvalue weighted by Crippen LogP contribution is -2.44. The highest BCUT2D eigenvalue weighted by atomic mass is 19.4. The van der Waals surface area contributed by atoms with Gasteiger partial charge in [-0.2, -0.15) is 26.3 Å². The minimum atomic E-state index is -4.80. The molecule has 2 aliphatic rings. The third-order valence-electron chi connectivity index (χ3n) is 11.6. The van der Waals surface area contributed by atoms with E-state index in [1.165, 1.54) is 36.6 Å². The maximum atomic E-state index is 14.1. The number of methoxy groups -OCH3 is 2. The lowest BCUT2D eigenvalue weighted by atomic mass is 10.2. The van der Waals surface area contributed by atoms with Crippen LogP contribution in [-0.4, -0.2) is 116 Å². The van der Waals surface area contributed by atoms with Gasteiger partial charge in [-0.1, -0.05) is 0 Å². The van der Waals surface area contributed by atoms with Crippen LogP contribution in [0.1, 0.15) is 11.4 Å². The number of fused-ring (bicyclic) bond motifs is 2. The second-order valence-corrected chi connectivity index (χ2v) is 15.9. The fourth-order valence-electron chi connectivity index (χ4n) is 8.26. The molecule has 2 N–H and O–H groups in total. The second kappa shape index (κ2) is 18.8. The first-order valence-corrected chi connectivity index (χ1v) is 21.8. The largest absolute Gasteiger partial charge is 0.494 e. The highest BCUT2D eigenvalue weighted by Gasteiger charge is 2.35. The van der Waals surface area contributed by atoms with Crippen LogP contribution in [0.3, 0.4) is 0 Å². The summed E-state index contributed by atoms with van der Waals surface area (Å²) in [5.41, 5.74) is -0.590. The Labute approximate surface area is 394 Å². The van der Waals surface area contributed by atoms with Crippen molar-refractivity contribution in [1.29, 1.82) is 0 Å². The number of piperazine rings is 2. The van der Waals surface area contributed by atoms with Gasteiger partial charge in [0.05, 0.1) is 84.6 Å². The number of rotatable bonds is 11. The summed E-state index contributed by atoms with van der Waals surface area (Å²) in [6.45, 7) is 5.30. The maximum absolute atomic E-state index is 14.1. The van der Waals surface area contributed by atoms with Crippen LogP contribution in [0.25, 0.3) is 44.6 Å². The molecular formula is C46H40F6N16O2. The van der Waals surface area contributed by atoms with E-state index in [0.29, 0.717) is 108 Å². The normalized spacial score (nSPS) is 14.5. The van der Waals surface area contributed by atoms with Gasteiger partial charge < -0.3 is 29.9 Å². The average molecular weight is 963 g/mol. The molecule has 0 amide bonds. The summed E-state index contributed by atoms with van der Waals surface area (Å²) in [7, 11) is 3.06. The summed E-state index contributed by atoms with van der Waals surface area (Å²) in [6.07, 6.45) is 1.60. The predicted octanol–water partition coefficient (Wildman–Crippen LogP) is 7.04. The Bertz CT molecular complexity index is 2960. The molecule has 0 spiro atoms. The van der Waals surface area contributed by atoms with Gasteiger partial charge in [0.15, 0.2) is 23.3 Å². The van der Waals surface area contributed by atoms with Gasteiger partial charge in [-0.25, -0.2) is 49.9 Å². The first kappa shape index (κ1) is 45.7. The van der Waals surface area contributed by atoms with Gasteiger partial charge in [0.1, 0.15) is 34.5 Å². The fourth-order valence-corrected chi connectivity index (χ4v) is 8.26. The topological polar surface area (TPSA) is 184 Å². The SMILES string of the molecule is COc1cncc2nc(-c3ccnc(N(c4ccc(C(F)(F)F)nc4)N(c4ccc(C(F)(F)F)nc4)c4cc(-c5nc(N6CCNCC6)c6c(OC)cncc6n5)ccn4)c3)nc(N3CCNCC3)c12. The Morgan fingerprint density at radius 2 is 0.929 bits per heavy atom. The summed E-state index contributed by atoms with van der Waals surface area (Å²) in [5.74, 6) is 2.69. The molecule has 0 atom stereocenters. The molecule has 0 bridgehead atoms. The van der Waals surface area contributed by atoms with Gasteiger partial charge in [0.25, 0.3) is 0 Å². The predicted molar refractivity (Wildman–Crippen MR) is 247 cm³/mol. The molecule has 0 radical (unpaired) electrons. The molecule has 10 heterocycles. The first-order chi connectivity index (χ1) is 33.9. The van der Waals surface area contributed by atoms with E-state index in [9.17, 15) is 26.3 Å². The molecule has 0 aliphatic carbocycles. The summed E-state index contributed by atoms with van der Waals surface area (Å²) in [4.78, 5) is 49.6. The summed E-state index contributed by atoms with van der Waals surface area (Å²) < 4.78 is 95.7. The minimum absolute atomic E-state index is 0.000687. The fraction of sp³-hybridized carbons (Fsp3) is 0.261. The number of alkyl halides is 6. The van der Waals surface area contributed by atoms with Crippen molar-refractivity contribution in [2.75, 3.05) is 86.4 Å². The number of hydrogen-bond acceptors (Lipinski definition) is 18. The van der Waals surface area contributed by atoms with Crippen molar-refractivity contribution >= 4 is 56.5 Å². The molecule has 0 saturated carbocycles. The quantitative estimate of drug-likeness (QED) is 0.0993. The van der Waals surface area contributed by atoms with Gasteiger partial charge in [-0.15, -0.1) is 0 Å². The van der Waals surface area contributed by atoms with Crippen LogP contribution in [-0.2, 0) is 12.4 Å². The Balaban J connectivity index is 1.17. The lowest BCUT2D eigenvalue weighted by molar-refractivity contribution is -0.141. The third-order valence-corrected chi connectivity index (χ3v) is 11.6. The number of hydrogen-bond donors (Lipinski definition) is 2. The molecule has 0 aromatic carbocycles. The van der Waals surface area contributed by atoms with Crippen LogP contribution in [0.15, 0.2) is 98.1 Å². The number of anilines is 6. The van der Waals surface area contributed by atoms with Crippen molar-refractivity contribution in [2.45, 2.75) is 12.4 Å². The number of nitrogens with one attached hydrogen (secondary N) is 2. The van der Waals surface area contributed by atoms with Crippen LogP contribution in [0.5, 0.6) is 11.5 Å². The Kier molecular flexibility index (Phi) is 12.2. The van der Waals surface area contributed by atoms with Crippen LogP contribution >= 0.6 is 0 Å². The number of aromatic nitrogens is 10. The smallest absolute Gasteiger partial charge is 0.433 e. The summed E-state index contributed by atoms with van der Waals surface area (Å²) in [6, 6.07) is 10.4. The highest BCUT2D eigenvalue weighted by Crippen LogP contribution is 2.41. The number of pyridine rings is 6. The van der Waals surface area contributed by atoms with Crippen molar-refractivity contribution in [3.63, 3.8) is 0 Å². The van der Waals surface area contributed by atoms with E-state index in [-0.39, 0.29) is 34.7 Å². The Morgan fingerprint density at radius 1 is 0.514 bits per heavy atom. The van der Waals surface area contributed by atoms with Gasteiger partial charge in [0, 0.05) is 75.9 Å². The maximum Gasteiger partial charge on any atom is 0.433 e. The van der Waals surface area contributed by atoms with Crippen molar-refractivity contribution in [1.82, 2.24) is 60.5 Å². The molecule has 18 nitrogen and oxygen atoms in total. The van der Waals surface area contributed by atoms with Crippen LogP contribution < -0.4 is 39.9 Å². The lowest BCUT2D eigenvalue weighted by Gasteiger charge is -2.36. The number of ether oxygens (including phenoxy) is 2.